The zero-order valence-corrected chi connectivity index (χ0v) is 7.13. The van der Waals surface area contributed by atoms with E-state index in [-0.39, 0.29) is 5.56 Å². The van der Waals surface area contributed by atoms with Gasteiger partial charge in [0.2, 0.25) is 0 Å². The summed E-state index contributed by atoms with van der Waals surface area (Å²) in [4.78, 5) is 0. The lowest BCUT2D eigenvalue weighted by molar-refractivity contribution is -0.142. The molecule has 0 saturated heterocycles. The van der Waals surface area contributed by atoms with Gasteiger partial charge in [-0.25, -0.2) is 0 Å². The normalized spacial score (nSPS) is 14.6. The molecule has 1 rings (SSSR count). The van der Waals surface area contributed by atoms with Crippen LogP contribution in [-0.4, -0.2) is 14.9 Å². The third-order valence-corrected chi connectivity index (χ3v) is 1.58. The zero-order chi connectivity index (χ0) is 10.2. The molecular weight excluding hydrogens is 185 g/mol. The van der Waals surface area contributed by atoms with E-state index in [2.05, 4.69) is 5.10 Å². The van der Waals surface area contributed by atoms with Crippen LogP contribution in [0.4, 0.5) is 13.2 Å². The standard InChI is InChI=1S/C7H9F3N2O/c1-4(13)5-3-12(2)11-6(5)7(8,9)10/h3-4,13H,1-2H3. The van der Waals surface area contributed by atoms with Gasteiger partial charge in [0.1, 0.15) is 0 Å². The van der Waals surface area contributed by atoms with Crippen LogP contribution in [0, 0.1) is 0 Å². The van der Waals surface area contributed by atoms with Crippen molar-refractivity contribution in [1.82, 2.24) is 9.78 Å². The molecule has 6 heteroatoms. The first-order chi connectivity index (χ1) is 5.82. The molecule has 1 aromatic rings. The van der Waals surface area contributed by atoms with Gasteiger partial charge >= 0.3 is 6.18 Å². The molecule has 1 N–H and O–H groups in total. The topological polar surface area (TPSA) is 38.0 Å². The third kappa shape index (κ3) is 2.00. The highest BCUT2D eigenvalue weighted by Crippen LogP contribution is 2.32. The van der Waals surface area contributed by atoms with Crippen molar-refractivity contribution in [2.24, 2.45) is 7.05 Å². The van der Waals surface area contributed by atoms with Crippen LogP contribution in [0.5, 0.6) is 0 Å². The molecule has 0 aliphatic heterocycles. The number of aromatic nitrogens is 2. The van der Waals surface area contributed by atoms with Crippen LogP contribution >= 0.6 is 0 Å². The summed E-state index contributed by atoms with van der Waals surface area (Å²) in [7, 11) is 1.38. The van der Waals surface area contributed by atoms with Crippen molar-refractivity contribution in [3.63, 3.8) is 0 Å². The molecule has 0 spiro atoms. The van der Waals surface area contributed by atoms with E-state index in [9.17, 15) is 13.2 Å². The minimum atomic E-state index is -4.51. The summed E-state index contributed by atoms with van der Waals surface area (Å²) < 4.78 is 37.7. The van der Waals surface area contributed by atoms with E-state index in [1.807, 2.05) is 0 Å². The van der Waals surface area contributed by atoms with Gasteiger partial charge in [-0.1, -0.05) is 0 Å². The average molecular weight is 194 g/mol. The lowest BCUT2D eigenvalue weighted by Gasteiger charge is -2.06. The van der Waals surface area contributed by atoms with Crippen LogP contribution in [0.1, 0.15) is 24.3 Å². The van der Waals surface area contributed by atoms with Crippen LogP contribution in [0.25, 0.3) is 0 Å². The highest BCUT2D eigenvalue weighted by Gasteiger charge is 2.37. The van der Waals surface area contributed by atoms with E-state index >= 15 is 0 Å². The largest absolute Gasteiger partial charge is 0.435 e. The number of rotatable bonds is 1. The number of hydrogen-bond donors (Lipinski definition) is 1. The molecule has 0 aromatic carbocycles. The summed E-state index contributed by atoms with van der Waals surface area (Å²) in [6.07, 6.45) is -4.51. The zero-order valence-electron chi connectivity index (χ0n) is 7.13. The summed E-state index contributed by atoms with van der Waals surface area (Å²) in [6, 6.07) is 0. The minimum absolute atomic E-state index is 0.199. The molecule has 1 heterocycles. The second-order valence-electron chi connectivity index (χ2n) is 2.78. The first-order valence-corrected chi connectivity index (χ1v) is 3.61. The number of nitrogens with zero attached hydrogens (tertiary/aromatic N) is 2. The van der Waals surface area contributed by atoms with E-state index in [1.165, 1.54) is 14.0 Å². The van der Waals surface area contributed by atoms with Crippen LogP contribution in [0.2, 0.25) is 0 Å². The smallest absolute Gasteiger partial charge is 0.389 e. The van der Waals surface area contributed by atoms with Crippen molar-refractivity contribution in [3.8, 4) is 0 Å². The molecule has 3 nitrogen and oxygen atoms in total. The van der Waals surface area contributed by atoms with E-state index in [0.29, 0.717) is 0 Å². The number of alkyl halides is 3. The van der Waals surface area contributed by atoms with Gasteiger partial charge in [-0.3, -0.25) is 4.68 Å². The lowest BCUT2D eigenvalue weighted by atomic mass is 10.1. The Morgan fingerprint density at radius 2 is 2.08 bits per heavy atom. The van der Waals surface area contributed by atoms with Crippen molar-refractivity contribution in [2.75, 3.05) is 0 Å². The molecule has 0 radical (unpaired) electrons. The number of hydrogen-bond acceptors (Lipinski definition) is 2. The van der Waals surface area contributed by atoms with Crippen molar-refractivity contribution in [3.05, 3.63) is 17.5 Å². The number of aliphatic hydroxyl groups excluding tert-OH is 1. The fraction of sp³-hybridized carbons (Fsp3) is 0.571. The molecule has 74 valence electrons. The van der Waals surface area contributed by atoms with Crippen LogP contribution in [0.15, 0.2) is 6.20 Å². The molecule has 1 aromatic heterocycles. The maximum absolute atomic E-state index is 12.2. The molecular formula is C7H9F3N2O. The van der Waals surface area contributed by atoms with Crippen molar-refractivity contribution in [1.29, 1.82) is 0 Å². The molecule has 1 atom stereocenters. The Morgan fingerprint density at radius 3 is 2.38 bits per heavy atom. The SMILES string of the molecule is CC(O)c1cn(C)nc1C(F)(F)F. The molecule has 0 saturated carbocycles. The van der Waals surface area contributed by atoms with E-state index < -0.39 is 18.0 Å². The van der Waals surface area contributed by atoms with Gasteiger partial charge in [0, 0.05) is 18.8 Å². The first-order valence-electron chi connectivity index (χ1n) is 3.61. The number of aryl methyl sites for hydroxylation is 1. The molecule has 0 fully saturated rings. The number of halogens is 3. The highest BCUT2D eigenvalue weighted by atomic mass is 19.4. The Morgan fingerprint density at radius 1 is 1.54 bits per heavy atom. The summed E-state index contributed by atoms with van der Waals surface area (Å²) in [5, 5.41) is 12.3. The Bertz CT molecular complexity index is 303. The molecule has 0 bridgehead atoms. The van der Waals surface area contributed by atoms with Crippen molar-refractivity contribution >= 4 is 0 Å². The van der Waals surface area contributed by atoms with Gasteiger partial charge in [0.25, 0.3) is 0 Å². The van der Waals surface area contributed by atoms with Gasteiger partial charge in [0.05, 0.1) is 6.10 Å². The lowest BCUT2D eigenvalue weighted by Crippen LogP contribution is -2.10. The summed E-state index contributed by atoms with van der Waals surface area (Å²) >= 11 is 0. The molecule has 1 unspecified atom stereocenters. The van der Waals surface area contributed by atoms with E-state index in [0.717, 1.165) is 10.9 Å². The first kappa shape index (κ1) is 10.0. The molecule has 0 amide bonds. The third-order valence-electron chi connectivity index (χ3n) is 1.58. The maximum Gasteiger partial charge on any atom is 0.435 e. The summed E-state index contributed by atoms with van der Waals surface area (Å²) in [5.41, 5.74) is -1.22. The highest BCUT2D eigenvalue weighted by molar-refractivity contribution is 5.21. The van der Waals surface area contributed by atoms with Crippen LogP contribution in [0.3, 0.4) is 0 Å². The fourth-order valence-electron chi connectivity index (χ4n) is 1.03. The van der Waals surface area contributed by atoms with Crippen LogP contribution < -0.4 is 0 Å². The quantitative estimate of drug-likeness (QED) is 0.735. The fourth-order valence-corrected chi connectivity index (χ4v) is 1.03. The van der Waals surface area contributed by atoms with Gasteiger partial charge in [-0.05, 0) is 6.92 Å². The minimum Gasteiger partial charge on any atom is -0.389 e. The summed E-state index contributed by atoms with van der Waals surface area (Å²) in [5.74, 6) is 0. The Balaban J connectivity index is 3.20. The van der Waals surface area contributed by atoms with Crippen LogP contribution in [-0.2, 0) is 13.2 Å². The maximum atomic E-state index is 12.2. The molecule has 0 aliphatic carbocycles. The predicted molar refractivity (Wildman–Crippen MR) is 38.8 cm³/mol. The summed E-state index contributed by atoms with van der Waals surface area (Å²) in [6.45, 7) is 1.27. The second-order valence-corrected chi connectivity index (χ2v) is 2.78. The molecule has 0 aliphatic rings. The van der Waals surface area contributed by atoms with E-state index in [1.54, 1.807) is 0 Å². The van der Waals surface area contributed by atoms with Gasteiger partial charge < -0.3 is 5.11 Å². The Kier molecular flexibility index (Phi) is 2.34. The van der Waals surface area contributed by atoms with Gasteiger partial charge in [-0.2, -0.15) is 18.3 Å². The van der Waals surface area contributed by atoms with Crippen molar-refractivity contribution < 1.29 is 18.3 Å². The Labute approximate surface area is 72.8 Å². The average Bonchev–Trinajstić information content (AvgIpc) is 2.29. The van der Waals surface area contributed by atoms with E-state index in [4.69, 9.17) is 5.11 Å². The molecule has 13 heavy (non-hydrogen) atoms. The van der Waals surface area contributed by atoms with Crippen molar-refractivity contribution in [2.45, 2.75) is 19.2 Å². The Hall–Kier alpha value is -1.04. The van der Waals surface area contributed by atoms with Gasteiger partial charge in [-0.15, -0.1) is 0 Å². The second kappa shape index (κ2) is 3.02. The number of aliphatic hydroxyl groups is 1. The monoisotopic (exact) mass is 194 g/mol. The predicted octanol–water partition coefficient (Wildman–Crippen LogP) is 1.49. The van der Waals surface area contributed by atoms with Gasteiger partial charge in [0.15, 0.2) is 5.69 Å².